The highest BCUT2D eigenvalue weighted by molar-refractivity contribution is 7.92. The molecule has 0 spiro atoms. The lowest BCUT2D eigenvalue weighted by atomic mass is 10.0. The summed E-state index contributed by atoms with van der Waals surface area (Å²) in [5, 5.41) is 5.89. The molecule has 0 aromatic rings. The molecule has 2 unspecified atom stereocenters. The molecule has 5 nitrogen and oxygen atoms in total. The summed E-state index contributed by atoms with van der Waals surface area (Å²) in [6, 6.07) is 0.494. The number of amides is 1. The molecule has 7 heteroatoms. The van der Waals surface area contributed by atoms with Gasteiger partial charge >= 0.3 is 0 Å². The van der Waals surface area contributed by atoms with Gasteiger partial charge in [-0.2, -0.15) is 0 Å². The van der Waals surface area contributed by atoms with Gasteiger partial charge in [0, 0.05) is 12.1 Å². The minimum atomic E-state index is -3.25. The maximum absolute atomic E-state index is 12.1. The fourth-order valence-electron chi connectivity index (χ4n) is 3.08. The van der Waals surface area contributed by atoms with Gasteiger partial charge in [0.25, 0.3) is 0 Å². The second-order valence-electron chi connectivity index (χ2n) is 5.86. The molecule has 1 saturated carbocycles. The van der Waals surface area contributed by atoms with E-state index in [2.05, 4.69) is 17.6 Å². The maximum atomic E-state index is 12.1. The van der Waals surface area contributed by atoms with E-state index in [4.69, 9.17) is 0 Å². The fourth-order valence-corrected chi connectivity index (χ4v) is 4.82. The Bertz CT molecular complexity index is 421. The van der Waals surface area contributed by atoms with Gasteiger partial charge in [-0.05, 0) is 39.2 Å². The van der Waals surface area contributed by atoms with Gasteiger partial charge in [0.2, 0.25) is 5.91 Å². The first-order valence-electron chi connectivity index (χ1n) is 7.21. The fraction of sp³-hybridized carbons (Fsp3) is 0.923. The Morgan fingerprint density at radius 1 is 1.25 bits per heavy atom. The average molecular weight is 325 g/mol. The number of piperidine rings is 1. The molecule has 1 heterocycles. The van der Waals surface area contributed by atoms with E-state index in [1.54, 1.807) is 0 Å². The Balaban J connectivity index is 0.00000200. The molecule has 1 amide bonds. The van der Waals surface area contributed by atoms with E-state index < -0.39 is 9.84 Å². The number of nitrogens with one attached hydrogen (secondary N) is 2. The van der Waals surface area contributed by atoms with Crippen LogP contribution in [0.15, 0.2) is 0 Å². The van der Waals surface area contributed by atoms with Crippen molar-refractivity contribution in [1.82, 2.24) is 10.6 Å². The number of hydrogen-bond donors (Lipinski definition) is 2. The van der Waals surface area contributed by atoms with Gasteiger partial charge in [0.15, 0.2) is 9.84 Å². The first-order chi connectivity index (χ1) is 8.97. The average Bonchev–Trinajstić information content (AvgIpc) is 2.81. The Hall–Kier alpha value is -0.330. The number of carbonyl (C=O) groups excluding carboxylic acids is 1. The lowest BCUT2D eigenvalue weighted by Gasteiger charge is -2.28. The summed E-state index contributed by atoms with van der Waals surface area (Å²) >= 11 is 0. The summed E-state index contributed by atoms with van der Waals surface area (Å²) in [5.74, 6) is -0.665. The minimum absolute atomic E-state index is 0. The maximum Gasteiger partial charge on any atom is 0.235 e. The van der Waals surface area contributed by atoms with Gasteiger partial charge in [-0.15, -0.1) is 12.4 Å². The Morgan fingerprint density at radius 2 is 1.90 bits per heavy atom. The normalized spacial score (nSPS) is 27.9. The molecule has 0 bridgehead atoms. The van der Waals surface area contributed by atoms with E-state index >= 15 is 0 Å². The van der Waals surface area contributed by atoms with E-state index in [-0.39, 0.29) is 35.4 Å². The molecule has 0 radical (unpaired) electrons. The van der Waals surface area contributed by atoms with Gasteiger partial charge in [-0.3, -0.25) is 4.79 Å². The molecule has 2 rings (SSSR count). The third-order valence-electron chi connectivity index (χ3n) is 4.13. The van der Waals surface area contributed by atoms with Crippen LogP contribution in [0.3, 0.4) is 0 Å². The van der Waals surface area contributed by atoms with Crippen molar-refractivity contribution < 1.29 is 13.2 Å². The summed E-state index contributed by atoms with van der Waals surface area (Å²) in [5.41, 5.74) is 0. The standard InChI is InChI=1S/C13H24N2O3S.ClH/c1-10-8-11(6-7-14-10)15-13(16)9-19(17,18)12-4-2-3-5-12;/h10-12,14H,2-9H2,1H3,(H,15,16);1H. The zero-order valence-corrected chi connectivity index (χ0v) is 13.6. The van der Waals surface area contributed by atoms with Crippen molar-refractivity contribution in [3.05, 3.63) is 0 Å². The zero-order valence-electron chi connectivity index (χ0n) is 11.9. The third-order valence-corrected chi connectivity index (χ3v) is 6.28. The predicted octanol–water partition coefficient (Wildman–Crippen LogP) is 1.02. The summed E-state index contributed by atoms with van der Waals surface area (Å²) < 4.78 is 24.2. The van der Waals surface area contributed by atoms with Crippen LogP contribution in [0.1, 0.15) is 45.4 Å². The Labute approximate surface area is 127 Å². The van der Waals surface area contributed by atoms with Crippen molar-refractivity contribution in [2.75, 3.05) is 12.3 Å². The highest BCUT2D eigenvalue weighted by Crippen LogP contribution is 2.25. The lowest BCUT2D eigenvalue weighted by molar-refractivity contribution is -0.119. The molecule has 0 aromatic heterocycles. The van der Waals surface area contributed by atoms with Gasteiger partial charge < -0.3 is 10.6 Å². The van der Waals surface area contributed by atoms with Crippen molar-refractivity contribution in [2.24, 2.45) is 0 Å². The topological polar surface area (TPSA) is 75.3 Å². The van der Waals surface area contributed by atoms with Gasteiger partial charge in [-0.25, -0.2) is 8.42 Å². The van der Waals surface area contributed by atoms with Crippen LogP contribution in [0.5, 0.6) is 0 Å². The largest absolute Gasteiger partial charge is 0.352 e. The first kappa shape index (κ1) is 17.7. The highest BCUT2D eigenvalue weighted by Gasteiger charge is 2.31. The van der Waals surface area contributed by atoms with Crippen LogP contribution >= 0.6 is 12.4 Å². The van der Waals surface area contributed by atoms with Crippen LogP contribution in [0, 0.1) is 0 Å². The molecule has 1 aliphatic carbocycles. The molecule has 2 atom stereocenters. The molecule has 2 N–H and O–H groups in total. The Morgan fingerprint density at radius 3 is 2.50 bits per heavy atom. The van der Waals surface area contributed by atoms with E-state index in [0.29, 0.717) is 6.04 Å². The highest BCUT2D eigenvalue weighted by atomic mass is 35.5. The lowest BCUT2D eigenvalue weighted by Crippen LogP contribution is -2.48. The molecule has 0 aromatic carbocycles. The van der Waals surface area contributed by atoms with Crippen molar-refractivity contribution in [1.29, 1.82) is 0 Å². The summed E-state index contributed by atoms with van der Waals surface area (Å²) in [4.78, 5) is 11.9. The van der Waals surface area contributed by atoms with Crippen molar-refractivity contribution >= 4 is 28.2 Å². The predicted molar refractivity (Wildman–Crippen MR) is 81.9 cm³/mol. The number of sulfone groups is 1. The number of halogens is 1. The molecule has 2 fully saturated rings. The molecule has 118 valence electrons. The van der Waals surface area contributed by atoms with E-state index in [9.17, 15) is 13.2 Å². The van der Waals surface area contributed by atoms with Gasteiger partial charge in [0.1, 0.15) is 5.75 Å². The van der Waals surface area contributed by atoms with Crippen LogP contribution < -0.4 is 10.6 Å². The van der Waals surface area contributed by atoms with E-state index in [1.807, 2.05) is 0 Å². The molecular formula is C13H25ClN2O3S. The smallest absolute Gasteiger partial charge is 0.235 e. The molecule has 2 aliphatic rings. The Kier molecular flexibility index (Phi) is 6.75. The zero-order chi connectivity index (χ0) is 13.9. The quantitative estimate of drug-likeness (QED) is 0.809. The van der Waals surface area contributed by atoms with Crippen LogP contribution in [0.2, 0.25) is 0 Å². The van der Waals surface area contributed by atoms with Gasteiger partial charge in [0.05, 0.1) is 5.25 Å². The van der Waals surface area contributed by atoms with E-state index in [1.165, 1.54) is 0 Å². The van der Waals surface area contributed by atoms with Crippen LogP contribution in [0.25, 0.3) is 0 Å². The van der Waals surface area contributed by atoms with Crippen LogP contribution in [0.4, 0.5) is 0 Å². The molecule has 20 heavy (non-hydrogen) atoms. The first-order valence-corrected chi connectivity index (χ1v) is 8.93. The van der Waals surface area contributed by atoms with Crippen molar-refractivity contribution in [3.63, 3.8) is 0 Å². The molecular weight excluding hydrogens is 300 g/mol. The minimum Gasteiger partial charge on any atom is -0.352 e. The van der Waals surface area contributed by atoms with E-state index in [0.717, 1.165) is 45.1 Å². The summed E-state index contributed by atoms with van der Waals surface area (Å²) in [7, 11) is -3.25. The van der Waals surface area contributed by atoms with Crippen LogP contribution in [-0.2, 0) is 14.6 Å². The molecule has 1 saturated heterocycles. The van der Waals surface area contributed by atoms with Crippen molar-refractivity contribution in [2.45, 2.75) is 62.8 Å². The third kappa shape index (κ3) is 4.90. The number of hydrogen-bond acceptors (Lipinski definition) is 4. The SMILES string of the molecule is CC1CC(NC(=O)CS(=O)(=O)C2CCCC2)CCN1.Cl. The second kappa shape index (κ2) is 7.61. The monoisotopic (exact) mass is 324 g/mol. The van der Waals surface area contributed by atoms with Crippen molar-refractivity contribution in [3.8, 4) is 0 Å². The number of rotatable bonds is 4. The van der Waals surface area contributed by atoms with Crippen LogP contribution in [-0.4, -0.2) is 44.0 Å². The number of carbonyl (C=O) groups is 1. The molecule has 1 aliphatic heterocycles. The second-order valence-corrected chi connectivity index (χ2v) is 8.14. The summed E-state index contributed by atoms with van der Waals surface area (Å²) in [6.45, 7) is 2.95. The summed E-state index contributed by atoms with van der Waals surface area (Å²) in [6.07, 6.45) is 5.13. The van der Waals surface area contributed by atoms with Gasteiger partial charge in [-0.1, -0.05) is 12.8 Å².